The smallest absolute Gasteiger partial charge is 0.302 e. The number of aldehydes is 1. The molecule has 0 aromatic carbocycles. The van der Waals surface area contributed by atoms with E-state index >= 15 is 0 Å². The molecule has 13 atom stereocenters. The van der Waals surface area contributed by atoms with Gasteiger partial charge in [-0.15, -0.1) is 0 Å². The van der Waals surface area contributed by atoms with Crippen LogP contribution in [0.25, 0.3) is 0 Å². The zero-order chi connectivity index (χ0) is 28.3. The van der Waals surface area contributed by atoms with E-state index in [9.17, 15) is 30.0 Å². The first-order chi connectivity index (χ1) is 18.3. The summed E-state index contributed by atoms with van der Waals surface area (Å²) in [6.45, 7) is 11.0. The Morgan fingerprint density at radius 1 is 1.03 bits per heavy atom. The maximum Gasteiger partial charge on any atom is 0.302 e. The van der Waals surface area contributed by atoms with Crippen LogP contribution in [0, 0.1) is 51.8 Å². The van der Waals surface area contributed by atoms with Gasteiger partial charge in [0.1, 0.15) is 12.4 Å². The van der Waals surface area contributed by atoms with E-state index in [1.54, 1.807) is 13.8 Å². The number of hydrogen-bond acceptors (Lipinski definition) is 7. The summed E-state index contributed by atoms with van der Waals surface area (Å²) >= 11 is 0. The van der Waals surface area contributed by atoms with E-state index < -0.39 is 46.1 Å². The Kier molecular flexibility index (Phi) is 6.18. The standard InChI is InChI=1S/C32H46O7/c1-16(2)18-6-8-20(25(18)39-17(3)34)19-7-9-21-22(19)14-30(15-33)24-11-13-32(30,26(21)35)28(37)31(24)12-10-23(27(31)36)29(4,5)38/h14-15,18-21,23-28,35-38H,1,6-13H2,2-5H3. The maximum absolute atomic E-state index is 13.3. The topological polar surface area (TPSA) is 124 Å². The Labute approximate surface area is 231 Å². The number of carbonyl (C=O) groups excluding carboxylic acids is 2. The maximum atomic E-state index is 13.3. The van der Waals surface area contributed by atoms with Crippen molar-refractivity contribution in [2.75, 3.05) is 0 Å². The number of ether oxygens (including phenoxy) is 1. The molecule has 1 spiro atoms. The van der Waals surface area contributed by atoms with Gasteiger partial charge >= 0.3 is 5.97 Å². The van der Waals surface area contributed by atoms with Crippen molar-refractivity contribution in [2.45, 2.75) is 109 Å². The highest BCUT2D eigenvalue weighted by Gasteiger charge is 2.83. The zero-order valence-corrected chi connectivity index (χ0v) is 23.8. The number of hydrogen-bond donors (Lipinski definition) is 4. The van der Waals surface area contributed by atoms with E-state index in [0.717, 1.165) is 43.1 Å². The minimum absolute atomic E-state index is 0.0817. The van der Waals surface area contributed by atoms with E-state index in [2.05, 4.69) is 12.7 Å². The average molecular weight is 543 g/mol. The van der Waals surface area contributed by atoms with E-state index in [0.29, 0.717) is 25.7 Å². The molecule has 0 amide bonds. The Hall–Kier alpha value is -1.54. The highest BCUT2D eigenvalue weighted by Crippen LogP contribution is 2.80. The monoisotopic (exact) mass is 542 g/mol. The molecule has 0 aromatic heterocycles. The number of aliphatic hydroxyl groups excluding tert-OH is 3. The van der Waals surface area contributed by atoms with Crippen molar-refractivity contribution in [3.05, 3.63) is 23.8 Å². The Balaban J connectivity index is 1.43. The fourth-order valence-corrected chi connectivity index (χ4v) is 11.4. The highest BCUT2D eigenvalue weighted by molar-refractivity contribution is 5.71. The third-order valence-corrected chi connectivity index (χ3v) is 12.8. The normalized spacial score (nSPS) is 52.1. The lowest BCUT2D eigenvalue weighted by atomic mass is 9.55. The summed E-state index contributed by atoms with van der Waals surface area (Å²) in [5.41, 5.74) is -2.07. The van der Waals surface area contributed by atoms with E-state index in [1.807, 2.05) is 6.92 Å². The van der Waals surface area contributed by atoms with Crippen LogP contribution < -0.4 is 0 Å². The zero-order valence-electron chi connectivity index (χ0n) is 23.8. The lowest BCUT2D eigenvalue weighted by Gasteiger charge is -2.51. The number of aliphatic hydroxyl groups is 4. The molecular formula is C32H46O7. The van der Waals surface area contributed by atoms with Crippen LogP contribution in [0.2, 0.25) is 0 Å². The molecule has 0 aromatic rings. The molecule has 0 saturated heterocycles. The van der Waals surface area contributed by atoms with Gasteiger partial charge in [0.2, 0.25) is 0 Å². The minimum Gasteiger partial charge on any atom is -0.462 e. The van der Waals surface area contributed by atoms with Crippen LogP contribution in [-0.2, 0) is 14.3 Å². The molecule has 0 heterocycles. The molecule has 0 radical (unpaired) electrons. The predicted octanol–water partition coefficient (Wildman–Crippen LogP) is 3.33. The number of carbonyl (C=O) groups is 2. The van der Waals surface area contributed by atoms with Crippen molar-refractivity contribution in [1.82, 2.24) is 0 Å². The van der Waals surface area contributed by atoms with Gasteiger partial charge in [-0.3, -0.25) is 4.79 Å². The van der Waals surface area contributed by atoms with Crippen LogP contribution >= 0.6 is 0 Å². The molecule has 6 rings (SSSR count). The van der Waals surface area contributed by atoms with Gasteiger partial charge in [0.25, 0.3) is 0 Å². The van der Waals surface area contributed by atoms with Crippen LogP contribution in [0.15, 0.2) is 23.8 Å². The van der Waals surface area contributed by atoms with Crippen molar-refractivity contribution in [1.29, 1.82) is 0 Å². The molecule has 7 heteroatoms. The van der Waals surface area contributed by atoms with Crippen LogP contribution in [-0.4, -0.2) is 62.7 Å². The number of esters is 1. The fourth-order valence-electron chi connectivity index (χ4n) is 11.4. The summed E-state index contributed by atoms with van der Waals surface area (Å²) in [6.07, 6.45) is 5.61. The second-order valence-corrected chi connectivity index (χ2v) is 14.6. The first-order valence-electron chi connectivity index (χ1n) is 15.1. The second-order valence-electron chi connectivity index (χ2n) is 14.6. The first-order valence-corrected chi connectivity index (χ1v) is 15.1. The Morgan fingerprint density at radius 3 is 2.31 bits per heavy atom. The molecular weight excluding hydrogens is 496 g/mol. The van der Waals surface area contributed by atoms with Gasteiger partial charge < -0.3 is 30.0 Å². The summed E-state index contributed by atoms with van der Waals surface area (Å²) in [5.74, 6) is -0.919. The lowest BCUT2D eigenvalue weighted by molar-refractivity contribution is -0.170. The van der Waals surface area contributed by atoms with Gasteiger partial charge in [-0.25, -0.2) is 0 Å². The third kappa shape index (κ3) is 3.25. The van der Waals surface area contributed by atoms with E-state index in [1.165, 1.54) is 6.92 Å². The molecule has 7 nitrogen and oxygen atoms in total. The molecule has 13 unspecified atom stereocenters. The average Bonchev–Trinajstić information content (AvgIpc) is 3.62. The Morgan fingerprint density at radius 2 is 1.72 bits per heavy atom. The number of fused-ring (bicyclic) bond motifs is 2. The molecule has 216 valence electrons. The quantitative estimate of drug-likeness (QED) is 0.239. The molecule has 0 aliphatic heterocycles. The van der Waals surface area contributed by atoms with Crippen LogP contribution in [0.1, 0.15) is 79.1 Å². The van der Waals surface area contributed by atoms with Crippen molar-refractivity contribution in [3.8, 4) is 0 Å². The molecule has 6 aliphatic rings. The number of rotatable bonds is 5. The molecule has 4 N–H and O–H groups in total. The minimum atomic E-state index is -1.12. The van der Waals surface area contributed by atoms with Crippen LogP contribution in [0.5, 0.6) is 0 Å². The summed E-state index contributed by atoms with van der Waals surface area (Å²) in [7, 11) is 0. The molecule has 5 saturated carbocycles. The third-order valence-electron chi connectivity index (χ3n) is 12.8. The van der Waals surface area contributed by atoms with Gasteiger partial charge in [0.15, 0.2) is 0 Å². The number of allylic oxidation sites excluding steroid dienone is 1. The van der Waals surface area contributed by atoms with Crippen molar-refractivity contribution < 1.29 is 34.8 Å². The predicted molar refractivity (Wildman–Crippen MR) is 144 cm³/mol. The summed E-state index contributed by atoms with van der Waals surface area (Å²) < 4.78 is 5.90. The SMILES string of the molecule is C=C(C)C1CCC(C2CCC3C2=CC2(C=O)C4CCC2(C3O)C(O)C42CCC(C(C)(C)O)C2O)C1OC(C)=O. The summed E-state index contributed by atoms with van der Waals surface area (Å²) in [4.78, 5) is 25.4. The lowest BCUT2D eigenvalue weighted by Crippen LogP contribution is -2.59. The highest BCUT2D eigenvalue weighted by atomic mass is 16.5. The van der Waals surface area contributed by atoms with E-state index in [-0.39, 0.29) is 41.7 Å². The van der Waals surface area contributed by atoms with Gasteiger partial charge in [-0.05, 0) is 84.0 Å². The van der Waals surface area contributed by atoms with Crippen LogP contribution in [0.3, 0.4) is 0 Å². The molecule has 6 aliphatic carbocycles. The summed E-state index contributed by atoms with van der Waals surface area (Å²) in [5, 5.41) is 46.9. The largest absolute Gasteiger partial charge is 0.462 e. The molecule has 5 fully saturated rings. The van der Waals surface area contributed by atoms with Gasteiger partial charge in [-0.2, -0.15) is 0 Å². The van der Waals surface area contributed by atoms with Crippen molar-refractivity contribution >= 4 is 12.3 Å². The van der Waals surface area contributed by atoms with Crippen LogP contribution in [0.4, 0.5) is 0 Å². The Bertz CT molecular complexity index is 1110. The second kappa shape index (κ2) is 8.73. The van der Waals surface area contributed by atoms with Gasteiger partial charge in [0, 0.05) is 41.4 Å². The molecule has 39 heavy (non-hydrogen) atoms. The van der Waals surface area contributed by atoms with Gasteiger partial charge in [-0.1, -0.05) is 23.8 Å². The van der Waals surface area contributed by atoms with Crippen molar-refractivity contribution in [2.24, 2.45) is 51.8 Å². The first kappa shape index (κ1) is 27.6. The summed E-state index contributed by atoms with van der Waals surface area (Å²) in [6, 6.07) is 0. The van der Waals surface area contributed by atoms with E-state index in [4.69, 9.17) is 4.74 Å². The fraction of sp³-hybridized carbons (Fsp3) is 0.812. The van der Waals surface area contributed by atoms with Gasteiger partial charge in [0.05, 0.1) is 29.3 Å². The molecule has 2 bridgehead atoms. The van der Waals surface area contributed by atoms with Crippen molar-refractivity contribution in [3.63, 3.8) is 0 Å².